The molecule has 1 amide bonds. The molecule has 22 heavy (non-hydrogen) atoms. The van der Waals surface area contributed by atoms with Crippen molar-refractivity contribution in [3.05, 3.63) is 52.3 Å². The molecule has 5 heteroatoms. The number of halogens is 1. The summed E-state index contributed by atoms with van der Waals surface area (Å²) in [5.41, 5.74) is 2.29. The van der Waals surface area contributed by atoms with Gasteiger partial charge in [-0.05, 0) is 52.3 Å². The largest absolute Gasteiger partial charge is 0.345 e. The topological polar surface area (TPSA) is 46.9 Å². The first-order chi connectivity index (χ1) is 10.2. The summed E-state index contributed by atoms with van der Waals surface area (Å²) in [6.07, 6.45) is 1.63. The van der Waals surface area contributed by atoms with Crippen molar-refractivity contribution >= 4 is 17.5 Å². The van der Waals surface area contributed by atoms with Crippen molar-refractivity contribution in [3.63, 3.8) is 0 Å². The van der Waals surface area contributed by atoms with Gasteiger partial charge in [0.15, 0.2) is 0 Å². The Morgan fingerprint density at radius 3 is 2.59 bits per heavy atom. The summed E-state index contributed by atoms with van der Waals surface area (Å²) in [4.78, 5) is 12.5. The van der Waals surface area contributed by atoms with E-state index in [1.54, 1.807) is 6.20 Å². The van der Waals surface area contributed by atoms with Crippen LogP contribution in [-0.4, -0.2) is 15.7 Å². The average Bonchev–Trinajstić information content (AvgIpc) is 2.80. The summed E-state index contributed by atoms with van der Waals surface area (Å²) in [6, 6.07) is 7.38. The molecule has 1 aromatic heterocycles. The Morgan fingerprint density at radius 2 is 2.05 bits per heavy atom. The number of carbonyl (C=O) groups is 1. The van der Waals surface area contributed by atoms with Gasteiger partial charge >= 0.3 is 0 Å². The molecule has 0 aliphatic heterocycles. The van der Waals surface area contributed by atoms with Crippen LogP contribution in [0.4, 0.5) is 0 Å². The Bertz CT molecular complexity index is 685. The molecule has 1 heterocycles. The Hall–Kier alpha value is -1.81. The lowest BCUT2D eigenvalue weighted by Crippen LogP contribution is -2.28. The molecular formula is C17H22ClN3O. The highest BCUT2D eigenvalue weighted by Gasteiger charge is 2.22. The number of carbonyl (C=O) groups excluding carboxylic acids is 1. The average molecular weight is 320 g/mol. The first-order valence-corrected chi connectivity index (χ1v) is 7.69. The van der Waals surface area contributed by atoms with Crippen molar-refractivity contribution in [3.8, 4) is 0 Å². The third kappa shape index (κ3) is 3.50. The maximum Gasteiger partial charge on any atom is 0.255 e. The van der Waals surface area contributed by atoms with Crippen molar-refractivity contribution < 1.29 is 4.79 Å². The van der Waals surface area contributed by atoms with E-state index in [2.05, 4.69) is 31.2 Å². The quantitative estimate of drug-likeness (QED) is 0.926. The predicted octanol–water partition coefficient (Wildman–Crippen LogP) is 4.09. The second-order valence-electron chi connectivity index (χ2n) is 6.48. The van der Waals surface area contributed by atoms with Gasteiger partial charge in [0.1, 0.15) is 0 Å². The highest BCUT2D eigenvalue weighted by molar-refractivity contribution is 6.30. The van der Waals surface area contributed by atoms with Crippen LogP contribution in [0.5, 0.6) is 0 Å². The van der Waals surface area contributed by atoms with Gasteiger partial charge in [0, 0.05) is 10.7 Å². The Labute approximate surface area is 136 Å². The van der Waals surface area contributed by atoms with Crippen LogP contribution in [0.2, 0.25) is 5.02 Å². The number of nitrogens with one attached hydrogen (secondary N) is 1. The normalized spacial score (nSPS) is 13.0. The molecule has 0 aliphatic carbocycles. The predicted molar refractivity (Wildman–Crippen MR) is 89.3 cm³/mol. The fourth-order valence-corrected chi connectivity index (χ4v) is 2.64. The second-order valence-corrected chi connectivity index (χ2v) is 6.91. The number of hydrogen-bond acceptors (Lipinski definition) is 2. The van der Waals surface area contributed by atoms with E-state index in [-0.39, 0.29) is 17.5 Å². The van der Waals surface area contributed by atoms with Crippen LogP contribution in [0.15, 0.2) is 30.5 Å². The van der Waals surface area contributed by atoms with Crippen molar-refractivity contribution in [2.45, 2.75) is 46.2 Å². The minimum absolute atomic E-state index is 0.122. The van der Waals surface area contributed by atoms with E-state index < -0.39 is 0 Å². The first-order valence-electron chi connectivity index (χ1n) is 7.31. The van der Waals surface area contributed by atoms with E-state index >= 15 is 0 Å². The van der Waals surface area contributed by atoms with Gasteiger partial charge in [0.25, 0.3) is 5.91 Å². The van der Waals surface area contributed by atoms with Crippen molar-refractivity contribution in [1.29, 1.82) is 0 Å². The Balaban J connectivity index is 2.18. The SMILES string of the molecule is Cc1c(C(=O)N[C@@H](C)c2cccc(Cl)c2)cnn1C(C)(C)C. The van der Waals surface area contributed by atoms with Gasteiger partial charge in [-0.15, -0.1) is 0 Å². The van der Waals surface area contributed by atoms with E-state index in [0.29, 0.717) is 10.6 Å². The summed E-state index contributed by atoms with van der Waals surface area (Å²) in [5, 5.41) is 7.99. The monoisotopic (exact) mass is 319 g/mol. The lowest BCUT2D eigenvalue weighted by atomic mass is 10.1. The Kier molecular flexibility index (Phi) is 4.61. The van der Waals surface area contributed by atoms with Crippen LogP contribution in [0.1, 0.15) is 55.4 Å². The fraction of sp³-hybridized carbons (Fsp3) is 0.412. The molecule has 0 saturated carbocycles. The van der Waals surface area contributed by atoms with E-state index in [1.807, 2.05) is 42.8 Å². The zero-order valence-electron chi connectivity index (χ0n) is 13.6. The van der Waals surface area contributed by atoms with Crippen LogP contribution in [0.25, 0.3) is 0 Å². The molecule has 0 radical (unpaired) electrons. The molecule has 0 bridgehead atoms. The first kappa shape index (κ1) is 16.6. The smallest absolute Gasteiger partial charge is 0.255 e. The summed E-state index contributed by atoms with van der Waals surface area (Å²) < 4.78 is 1.87. The van der Waals surface area contributed by atoms with E-state index in [1.165, 1.54) is 0 Å². The molecule has 2 aromatic rings. The van der Waals surface area contributed by atoms with Gasteiger partial charge < -0.3 is 5.32 Å². The van der Waals surface area contributed by atoms with E-state index in [4.69, 9.17) is 11.6 Å². The van der Waals surface area contributed by atoms with Crippen LogP contribution in [0.3, 0.4) is 0 Å². The van der Waals surface area contributed by atoms with E-state index in [0.717, 1.165) is 11.3 Å². The molecule has 1 aromatic carbocycles. The minimum atomic E-state index is -0.152. The van der Waals surface area contributed by atoms with Crippen LogP contribution in [0, 0.1) is 6.92 Å². The summed E-state index contributed by atoms with van der Waals surface area (Å²) in [6.45, 7) is 10.0. The third-order valence-electron chi connectivity index (χ3n) is 3.59. The highest BCUT2D eigenvalue weighted by Crippen LogP contribution is 2.20. The molecule has 0 unspecified atom stereocenters. The number of nitrogens with zero attached hydrogens (tertiary/aromatic N) is 2. The van der Waals surface area contributed by atoms with Gasteiger partial charge in [-0.2, -0.15) is 5.10 Å². The van der Waals surface area contributed by atoms with Gasteiger partial charge in [0.05, 0.1) is 23.3 Å². The van der Waals surface area contributed by atoms with Crippen molar-refractivity contribution in [2.75, 3.05) is 0 Å². The third-order valence-corrected chi connectivity index (χ3v) is 3.82. The molecule has 118 valence electrons. The molecule has 1 atom stereocenters. The zero-order chi connectivity index (χ0) is 16.5. The fourth-order valence-electron chi connectivity index (χ4n) is 2.44. The lowest BCUT2D eigenvalue weighted by molar-refractivity contribution is 0.0939. The molecule has 0 fully saturated rings. The lowest BCUT2D eigenvalue weighted by Gasteiger charge is -2.21. The van der Waals surface area contributed by atoms with Crippen LogP contribution < -0.4 is 5.32 Å². The van der Waals surface area contributed by atoms with Crippen molar-refractivity contribution in [1.82, 2.24) is 15.1 Å². The van der Waals surface area contributed by atoms with Gasteiger partial charge in [-0.25, -0.2) is 0 Å². The van der Waals surface area contributed by atoms with Crippen molar-refractivity contribution in [2.24, 2.45) is 0 Å². The molecule has 4 nitrogen and oxygen atoms in total. The highest BCUT2D eigenvalue weighted by atomic mass is 35.5. The van der Waals surface area contributed by atoms with Crippen LogP contribution in [-0.2, 0) is 5.54 Å². The van der Waals surface area contributed by atoms with Gasteiger partial charge in [0.2, 0.25) is 0 Å². The van der Waals surface area contributed by atoms with Gasteiger partial charge in [-0.1, -0.05) is 23.7 Å². The standard InChI is InChI=1S/C17H22ClN3O/c1-11(13-7-6-8-14(18)9-13)20-16(22)15-10-19-21(12(15)2)17(3,4)5/h6-11H,1-5H3,(H,20,22)/t11-/m0/s1. The molecule has 1 N–H and O–H groups in total. The van der Waals surface area contributed by atoms with Crippen LogP contribution >= 0.6 is 11.6 Å². The molecule has 0 aliphatic rings. The number of amides is 1. The summed E-state index contributed by atoms with van der Waals surface area (Å²) in [5.74, 6) is -0.125. The van der Waals surface area contributed by atoms with E-state index in [9.17, 15) is 4.79 Å². The number of aromatic nitrogens is 2. The maximum atomic E-state index is 12.5. The number of rotatable bonds is 3. The Morgan fingerprint density at radius 1 is 1.36 bits per heavy atom. The number of benzene rings is 1. The molecular weight excluding hydrogens is 298 g/mol. The minimum Gasteiger partial charge on any atom is -0.345 e. The maximum absolute atomic E-state index is 12.5. The molecule has 0 saturated heterocycles. The zero-order valence-corrected chi connectivity index (χ0v) is 14.4. The summed E-state index contributed by atoms with van der Waals surface area (Å²) >= 11 is 6.00. The molecule has 0 spiro atoms. The van der Waals surface area contributed by atoms with Gasteiger partial charge in [-0.3, -0.25) is 9.48 Å². The summed E-state index contributed by atoms with van der Waals surface area (Å²) in [7, 11) is 0. The second kappa shape index (κ2) is 6.13. The molecule has 2 rings (SSSR count). The number of hydrogen-bond donors (Lipinski definition) is 1.